The Morgan fingerprint density at radius 1 is 0.952 bits per heavy atom. The molecule has 1 aliphatic carbocycles. The van der Waals surface area contributed by atoms with Crippen molar-refractivity contribution in [2.45, 2.75) is 57.5 Å². The van der Waals surface area contributed by atoms with Crippen LogP contribution < -0.4 is 4.74 Å². The maximum Gasteiger partial charge on any atom is 0.119 e. The molecule has 0 amide bonds. The fourth-order valence-corrected chi connectivity index (χ4v) is 3.03. The molecule has 0 atom stereocenters. The Hall–Kier alpha value is -0.540. The van der Waals surface area contributed by atoms with Gasteiger partial charge in [0.1, 0.15) is 5.75 Å². The van der Waals surface area contributed by atoms with Gasteiger partial charge in [-0.2, -0.15) is 0 Å². The molecule has 2 nitrogen and oxygen atoms in total. The van der Waals surface area contributed by atoms with Gasteiger partial charge in [0.25, 0.3) is 0 Å². The number of benzene rings is 1. The summed E-state index contributed by atoms with van der Waals surface area (Å²) in [5, 5.41) is 1.06. The second-order valence-electron chi connectivity index (χ2n) is 5.77. The van der Waals surface area contributed by atoms with Crippen molar-refractivity contribution in [3.63, 3.8) is 0 Å². The Morgan fingerprint density at radius 2 is 1.71 bits per heavy atom. The van der Waals surface area contributed by atoms with Crippen LogP contribution in [0.2, 0.25) is 0 Å². The van der Waals surface area contributed by atoms with Crippen LogP contribution in [-0.2, 0) is 11.2 Å². The molecule has 1 aromatic carbocycles. The first-order valence-electron chi connectivity index (χ1n) is 8.28. The molecule has 0 aromatic heterocycles. The van der Waals surface area contributed by atoms with Crippen molar-refractivity contribution in [1.29, 1.82) is 0 Å². The minimum Gasteiger partial charge on any atom is -0.494 e. The third kappa shape index (κ3) is 6.84. The Kier molecular flexibility index (Phi) is 8.20. The molecule has 3 heteroatoms. The molecular weight excluding hydrogens is 328 g/mol. The van der Waals surface area contributed by atoms with E-state index in [0.29, 0.717) is 6.10 Å². The second-order valence-corrected chi connectivity index (χ2v) is 6.56. The molecule has 0 unspecified atom stereocenters. The van der Waals surface area contributed by atoms with Crippen LogP contribution in [0.4, 0.5) is 0 Å². The molecule has 1 saturated carbocycles. The number of ether oxygens (including phenoxy) is 2. The molecule has 0 radical (unpaired) electrons. The fourth-order valence-electron chi connectivity index (χ4n) is 2.75. The molecule has 0 aliphatic heterocycles. The Labute approximate surface area is 137 Å². The van der Waals surface area contributed by atoms with Gasteiger partial charge in [0, 0.05) is 11.8 Å². The summed E-state index contributed by atoms with van der Waals surface area (Å²) in [6.07, 6.45) is 10.3. The van der Waals surface area contributed by atoms with Crippen molar-refractivity contribution in [2.75, 3.05) is 18.5 Å². The fraction of sp³-hybridized carbons (Fsp3) is 0.667. The molecule has 118 valence electrons. The van der Waals surface area contributed by atoms with Crippen LogP contribution in [0.5, 0.6) is 5.75 Å². The predicted molar refractivity (Wildman–Crippen MR) is 91.5 cm³/mol. The minimum absolute atomic E-state index is 0.507. The zero-order chi connectivity index (χ0) is 14.8. The normalized spacial score (nSPS) is 16.0. The highest BCUT2D eigenvalue weighted by Gasteiger charge is 2.12. The Bertz CT molecular complexity index is 371. The average Bonchev–Trinajstić information content (AvgIpc) is 2.55. The summed E-state index contributed by atoms with van der Waals surface area (Å²) < 4.78 is 11.7. The minimum atomic E-state index is 0.507. The third-order valence-corrected chi connectivity index (χ3v) is 4.55. The molecule has 2 rings (SSSR count). The van der Waals surface area contributed by atoms with E-state index >= 15 is 0 Å². The van der Waals surface area contributed by atoms with Crippen LogP contribution in [-0.4, -0.2) is 24.6 Å². The summed E-state index contributed by atoms with van der Waals surface area (Å²) in [6.45, 7) is 1.57. The number of hydrogen-bond acceptors (Lipinski definition) is 2. The highest BCUT2D eigenvalue weighted by Crippen LogP contribution is 2.20. The van der Waals surface area contributed by atoms with Gasteiger partial charge in [-0.05, 0) is 43.4 Å². The topological polar surface area (TPSA) is 18.5 Å². The van der Waals surface area contributed by atoms with Crippen LogP contribution >= 0.6 is 15.9 Å². The third-order valence-electron chi connectivity index (χ3n) is 3.99. The van der Waals surface area contributed by atoms with E-state index in [4.69, 9.17) is 9.47 Å². The van der Waals surface area contributed by atoms with Gasteiger partial charge >= 0.3 is 0 Å². The standard InChI is InChI=1S/C18H27BrO2/c19-13-4-6-16-9-11-18(12-10-16)21-15-5-14-20-17-7-2-1-3-8-17/h9-12,17H,1-8,13-15H2. The molecule has 0 bridgehead atoms. The van der Waals surface area contributed by atoms with Crippen molar-refractivity contribution in [1.82, 2.24) is 0 Å². The number of aryl methyl sites for hydroxylation is 1. The molecule has 21 heavy (non-hydrogen) atoms. The molecule has 0 saturated heterocycles. The van der Waals surface area contributed by atoms with Crippen LogP contribution in [0.1, 0.15) is 50.5 Å². The van der Waals surface area contributed by atoms with E-state index in [2.05, 4.69) is 40.2 Å². The smallest absolute Gasteiger partial charge is 0.119 e. The number of alkyl halides is 1. The number of rotatable bonds is 9. The first kappa shape index (κ1) is 16.8. The first-order chi connectivity index (χ1) is 10.4. The predicted octanol–water partition coefficient (Wildman–Crippen LogP) is 5.13. The van der Waals surface area contributed by atoms with Crippen molar-refractivity contribution >= 4 is 15.9 Å². The molecular formula is C18H27BrO2. The van der Waals surface area contributed by atoms with E-state index in [9.17, 15) is 0 Å². The van der Waals surface area contributed by atoms with Crippen LogP contribution in [0.15, 0.2) is 24.3 Å². The van der Waals surface area contributed by atoms with Gasteiger partial charge in [-0.25, -0.2) is 0 Å². The summed E-state index contributed by atoms with van der Waals surface area (Å²) in [6, 6.07) is 8.48. The quantitative estimate of drug-likeness (QED) is 0.451. The van der Waals surface area contributed by atoms with Crippen molar-refractivity contribution in [3.05, 3.63) is 29.8 Å². The average molecular weight is 355 g/mol. The van der Waals surface area contributed by atoms with Crippen LogP contribution in [0.25, 0.3) is 0 Å². The Balaban J connectivity index is 1.55. The number of halogens is 1. The van der Waals surface area contributed by atoms with E-state index in [1.807, 2.05) is 0 Å². The van der Waals surface area contributed by atoms with E-state index < -0.39 is 0 Å². The van der Waals surface area contributed by atoms with Gasteiger partial charge in [0.05, 0.1) is 19.3 Å². The largest absolute Gasteiger partial charge is 0.494 e. The maximum absolute atomic E-state index is 5.90. The lowest BCUT2D eigenvalue weighted by molar-refractivity contribution is 0.0226. The molecule has 1 fully saturated rings. The lowest BCUT2D eigenvalue weighted by atomic mass is 9.98. The maximum atomic E-state index is 5.90. The second kappa shape index (κ2) is 10.2. The monoisotopic (exact) mass is 354 g/mol. The van der Waals surface area contributed by atoms with Gasteiger partial charge in [0.15, 0.2) is 0 Å². The van der Waals surface area contributed by atoms with E-state index in [0.717, 1.165) is 37.1 Å². The molecule has 0 N–H and O–H groups in total. The summed E-state index contributed by atoms with van der Waals surface area (Å²) >= 11 is 3.46. The van der Waals surface area contributed by atoms with Crippen LogP contribution in [0.3, 0.4) is 0 Å². The molecule has 1 aromatic rings. The molecule has 0 heterocycles. The molecule has 1 aliphatic rings. The van der Waals surface area contributed by atoms with E-state index in [-0.39, 0.29) is 0 Å². The lowest BCUT2D eigenvalue weighted by Gasteiger charge is -2.21. The summed E-state index contributed by atoms with van der Waals surface area (Å²) in [5.41, 5.74) is 1.38. The highest BCUT2D eigenvalue weighted by molar-refractivity contribution is 9.09. The van der Waals surface area contributed by atoms with Gasteiger partial charge in [0.2, 0.25) is 0 Å². The molecule has 0 spiro atoms. The number of hydrogen-bond donors (Lipinski definition) is 0. The highest BCUT2D eigenvalue weighted by atomic mass is 79.9. The zero-order valence-corrected chi connectivity index (χ0v) is 14.4. The van der Waals surface area contributed by atoms with Gasteiger partial charge < -0.3 is 9.47 Å². The van der Waals surface area contributed by atoms with Crippen molar-refractivity contribution < 1.29 is 9.47 Å². The summed E-state index contributed by atoms with van der Waals surface area (Å²) in [7, 11) is 0. The van der Waals surface area contributed by atoms with Gasteiger partial charge in [-0.15, -0.1) is 0 Å². The van der Waals surface area contributed by atoms with E-state index in [1.165, 1.54) is 44.1 Å². The zero-order valence-electron chi connectivity index (χ0n) is 12.9. The van der Waals surface area contributed by atoms with Gasteiger partial charge in [-0.1, -0.05) is 47.3 Å². The lowest BCUT2D eigenvalue weighted by Crippen LogP contribution is -2.18. The Morgan fingerprint density at radius 3 is 2.43 bits per heavy atom. The van der Waals surface area contributed by atoms with Gasteiger partial charge in [-0.3, -0.25) is 0 Å². The van der Waals surface area contributed by atoms with E-state index in [1.54, 1.807) is 0 Å². The summed E-state index contributed by atoms with van der Waals surface area (Å²) in [4.78, 5) is 0. The van der Waals surface area contributed by atoms with Crippen LogP contribution in [0, 0.1) is 0 Å². The first-order valence-corrected chi connectivity index (χ1v) is 9.40. The summed E-state index contributed by atoms with van der Waals surface area (Å²) in [5.74, 6) is 0.968. The van der Waals surface area contributed by atoms with Crippen molar-refractivity contribution in [2.24, 2.45) is 0 Å². The van der Waals surface area contributed by atoms with Crippen molar-refractivity contribution in [3.8, 4) is 5.75 Å². The SMILES string of the molecule is BrCCCc1ccc(OCCCOC2CCCCC2)cc1.